The fourth-order valence-corrected chi connectivity index (χ4v) is 3.64. The number of rotatable bonds is 4. The molecule has 0 atom stereocenters. The third-order valence-corrected chi connectivity index (χ3v) is 5.38. The Morgan fingerprint density at radius 3 is 2.32 bits per heavy atom. The lowest BCUT2D eigenvalue weighted by Gasteiger charge is -2.15. The van der Waals surface area contributed by atoms with E-state index in [1.165, 1.54) is 16.4 Å². The van der Waals surface area contributed by atoms with Crippen molar-refractivity contribution < 1.29 is 13.2 Å². The normalized spacial score (nSPS) is 16.5. The van der Waals surface area contributed by atoms with Gasteiger partial charge in [-0.25, -0.2) is 8.42 Å². The monoisotopic (exact) mass is 346 g/mol. The average molecular weight is 347 g/mol. The van der Waals surface area contributed by atoms with E-state index in [1.807, 2.05) is 0 Å². The van der Waals surface area contributed by atoms with Crippen LogP contribution in [0.5, 0.6) is 0 Å². The van der Waals surface area contributed by atoms with E-state index in [0.717, 1.165) is 12.8 Å². The van der Waals surface area contributed by atoms with E-state index >= 15 is 0 Å². The smallest absolute Gasteiger partial charge is 0.243 e. The molecule has 1 saturated heterocycles. The number of benzene rings is 1. The van der Waals surface area contributed by atoms with Gasteiger partial charge < -0.3 is 5.32 Å². The molecule has 1 heterocycles. The first-order valence-corrected chi connectivity index (χ1v) is 8.56. The Balaban J connectivity index is 2.15. The van der Waals surface area contributed by atoms with Crippen LogP contribution in [-0.4, -0.2) is 37.0 Å². The molecule has 1 amide bonds. The quantitative estimate of drug-likeness (QED) is 0.845. The average Bonchev–Trinajstić information content (AvgIpc) is 2.94. The summed E-state index contributed by atoms with van der Waals surface area (Å²) in [4.78, 5) is 11.5. The van der Waals surface area contributed by atoms with Crippen molar-refractivity contribution >= 4 is 37.5 Å². The summed E-state index contributed by atoms with van der Waals surface area (Å²) in [5.74, 6) is -0.171. The number of halogens is 1. The number of amides is 1. The fourth-order valence-electron chi connectivity index (χ4n) is 1.98. The van der Waals surface area contributed by atoms with Crippen LogP contribution in [0, 0.1) is 0 Å². The second-order valence-corrected chi connectivity index (χ2v) is 6.82. The number of hydrogen-bond donors (Lipinski definition) is 1. The molecular formula is C12H15BrN2O3S. The Bertz CT molecular complexity index is 551. The van der Waals surface area contributed by atoms with Crippen molar-refractivity contribution in [1.82, 2.24) is 4.31 Å². The summed E-state index contributed by atoms with van der Waals surface area (Å²) in [5.41, 5.74) is 0.588. The Morgan fingerprint density at radius 1 is 1.21 bits per heavy atom. The summed E-state index contributed by atoms with van der Waals surface area (Å²) < 4.78 is 26.0. The summed E-state index contributed by atoms with van der Waals surface area (Å²) in [5, 5.41) is 2.85. The predicted octanol–water partition coefficient (Wildman–Crippen LogP) is 1.80. The maximum Gasteiger partial charge on any atom is 0.243 e. The van der Waals surface area contributed by atoms with Crippen molar-refractivity contribution in [2.75, 3.05) is 23.7 Å². The Morgan fingerprint density at radius 2 is 1.79 bits per heavy atom. The van der Waals surface area contributed by atoms with Gasteiger partial charge in [0.25, 0.3) is 0 Å². The zero-order valence-electron chi connectivity index (χ0n) is 10.3. The number of nitrogens with zero attached hydrogens (tertiary/aromatic N) is 1. The van der Waals surface area contributed by atoms with Gasteiger partial charge >= 0.3 is 0 Å². The molecule has 1 aromatic rings. The first-order valence-electron chi connectivity index (χ1n) is 6.00. The van der Waals surface area contributed by atoms with Crippen LogP contribution in [0.25, 0.3) is 0 Å². The standard InChI is InChI=1S/C12H15BrN2O3S/c13-9-12(16)14-10-3-5-11(6-4-10)19(17,18)15-7-1-2-8-15/h3-6H,1-2,7-9H2,(H,14,16). The molecule has 2 rings (SSSR count). The highest BCUT2D eigenvalue weighted by atomic mass is 79.9. The maximum atomic E-state index is 12.3. The molecule has 0 radical (unpaired) electrons. The molecule has 0 saturated carbocycles. The van der Waals surface area contributed by atoms with Crippen LogP contribution in [0.15, 0.2) is 29.2 Å². The Hall–Kier alpha value is -0.920. The van der Waals surface area contributed by atoms with E-state index in [-0.39, 0.29) is 16.1 Å². The van der Waals surface area contributed by atoms with Gasteiger partial charge in [0.1, 0.15) is 0 Å². The largest absolute Gasteiger partial charge is 0.325 e. The van der Waals surface area contributed by atoms with Gasteiger partial charge in [-0.2, -0.15) is 4.31 Å². The number of hydrogen-bond acceptors (Lipinski definition) is 3. The summed E-state index contributed by atoms with van der Waals surface area (Å²) in [6, 6.07) is 6.25. The molecule has 1 aromatic carbocycles. The molecule has 1 N–H and O–H groups in total. The Labute approximate surface area is 121 Å². The van der Waals surface area contributed by atoms with Crippen molar-refractivity contribution in [3.63, 3.8) is 0 Å². The van der Waals surface area contributed by atoms with Crippen molar-refractivity contribution in [3.8, 4) is 0 Å². The topological polar surface area (TPSA) is 66.5 Å². The highest BCUT2D eigenvalue weighted by Gasteiger charge is 2.26. The minimum atomic E-state index is -3.38. The first kappa shape index (κ1) is 14.5. The molecule has 0 unspecified atom stereocenters. The summed E-state index contributed by atoms with van der Waals surface area (Å²) in [7, 11) is -3.38. The van der Waals surface area contributed by atoms with E-state index in [1.54, 1.807) is 12.1 Å². The van der Waals surface area contributed by atoms with Crippen molar-refractivity contribution in [3.05, 3.63) is 24.3 Å². The fraction of sp³-hybridized carbons (Fsp3) is 0.417. The minimum absolute atomic E-state index is 0.171. The summed E-state index contributed by atoms with van der Waals surface area (Å²) in [6.07, 6.45) is 1.83. The molecule has 104 valence electrons. The van der Waals surface area contributed by atoms with Crippen LogP contribution in [0.1, 0.15) is 12.8 Å². The van der Waals surface area contributed by atoms with Crippen LogP contribution in [0.3, 0.4) is 0 Å². The van der Waals surface area contributed by atoms with Gasteiger partial charge in [0.05, 0.1) is 10.2 Å². The van der Waals surface area contributed by atoms with Crippen molar-refractivity contribution in [2.24, 2.45) is 0 Å². The zero-order valence-corrected chi connectivity index (χ0v) is 12.7. The number of sulfonamides is 1. The third kappa shape index (κ3) is 3.34. The van der Waals surface area contributed by atoms with Crippen molar-refractivity contribution in [2.45, 2.75) is 17.7 Å². The van der Waals surface area contributed by atoms with Gasteiger partial charge in [-0.05, 0) is 37.1 Å². The maximum absolute atomic E-state index is 12.3. The van der Waals surface area contributed by atoms with E-state index in [9.17, 15) is 13.2 Å². The molecular weight excluding hydrogens is 332 g/mol. The van der Waals surface area contributed by atoms with Gasteiger partial charge in [-0.15, -0.1) is 0 Å². The number of anilines is 1. The van der Waals surface area contributed by atoms with Crippen molar-refractivity contribution in [1.29, 1.82) is 0 Å². The Kier molecular flexibility index (Phi) is 4.59. The molecule has 0 aromatic heterocycles. The molecule has 0 spiro atoms. The lowest BCUT2D eigenvalue weighted by molar-refractivity contribution is -0.113. The molecule has 1 fully saturated rings. The minimum Gasteiger partial charge on any atom is -0.325 e. The van der Waals surface area contributed by atoms with Gasteiger partial charge in [0, 0.05) is 18.8 Å². The molecule has 7 heteroatoms. The first-order chi connectivity index (χ1) is 9.04. The number of alkyl halides is 1. The van der Waals surface area contributed by atoms with Gasteiger partial charge in [0.2, 0.25) is 15.9 Å². The SMILES string of the molecule is O=C(CBr)Nc1ccc(S(=O)(=O)N2CCCC2)cc1. The van der Waals surface area contributed by atoms with E-state index in [0.29, 0.717) is 18.8 Å². The lowest BCUT2D eigenvalue weighted by Crippen LogP contribution is -2.27. The van der Waals surface area contributed by atoms with Crippen LogP contribution < -0.4 is 5.32 Å². The second-order valence-electron chi connectivity index (χ2n) is 4.32. The van der Waals surface area contributed by atoms with E-state index in [2.05, 4.69) is 21.2 Å². The molecule has 0 bridgehead atoms. The molecule has 19 heavy (non-hydrogen) atoms. The van der Waals surface area contributed by atoms with Gasteiger partial charge in [0.15, 0.2) is 0 Å². The summed E-state index contributed by atoms with van der Waals surface area (Å²) in [6.45, 7) is 1.18. The van der Waals surface area contributed by atoms with Gasteiger partial charge in [-0.3, -0.25) is 4.79 Å². The third-order valence-electron chi connectivity index (χ3n) is 2.96. The van der Waals surface area contributed by atoms with Crippen LogP contribution >= 0.6 is 15.9 Å². The number of carbonyl (C=O) groups is 1. The van der Waals surface area contributed by atoms with Crippen LogP contribution in [-0.2, 0) is 14.8 Å². The van der Waals surface area contributed by atoms with Crippen LogP contribution in [0.2, 0.25) is 0 Å². The van der Waals surface area contributed by atoms with Gasteiger partial charge in [-0.1, -0.05) is 15.9 Å². The zero-order chi connectivity index (χ0) is 13.9. The highest BCUT2D eigenvalue weighted by Crippen LogP contribution is 2.22. The predicted molar refractivity (Wildman–Crippen MR) is 76.9 cm³/mol. The van der Waals surface area contributed by atoms with Crippen LogP contribution in [0.4, 0.5) is 5.69 Å². The highest BCUT2D eigenvalue weighted by molar-refractivity contribution is 9.09. The number of nitrogens with one attached hydrogen (secondary N) is 1. The lowest BCUT2D eigenvalue weighted by atomic mass is 10.3. The molecule has 1 aliphatic heterocycles. The number of carbonyl (C=O) groups excluding carboxylic acids is 1. The van der Waals surface area contributed by atoms with E-state index < -0.39 is 10.0 Å². The second kappa shape index (κ2) is 6.02. The summed E-state index contributed by atoms with van der Waals surface area (Å²) >= 11 is 3.05. The molecule has 0 aliphatic carbocycles. The molecule has 5 nitrogen and oxygen atoms in total. The molecule has 1 aliphatic rings. The van der Waals surface area contributed by atoms with E-state index in [4.69, 9.17) is 0 Å².